The highest BCUT2D eigenvalue weighted by Gasteiger charge is 2.11. The molecule has 108 valence electrons. The summed E-state index contributed by atoms with van der Waals surface area (Å²) in [5.74, 6) is -1.56. The number of carboxylic acid groups (broad SMARTS) is 1. The molecule has 0 aromatic heterocycles. The van der Waals surface area contributed by atoms with Gasteiger partial charge in [-0.1, -0.05) is 18.2 Å². The number of halogens is 1. The van der Waals surface area contributed by atoms with Crippen molar-refractivity contribution >= 4 is 23.4 Å². The van der Waals surface area contributed by atoms with Crippen molar-refractivity contribution in [3.8, 4) is 0 Å². The molecule has 0 amide bonds. The van der Waals surface area contributed by atoms with Gasteiger partial charge in [0.1, 0.15) is 5.82 Å². The van der Waals surface area contributed by atoms with Crippen LogP contribution in [0.25, 0.3) is 6.08 Å². The molecule has 0 aliphatic rings. The average Bonchev–Trinajstić information content (AvgIpc) is 2.45. The Morgan fingerprint density at radius 1 is 1.24 bits per heavy atom. The third-order valence-electron chi connectivity index (χ3n) is 3.17. The van der Waals surface area contributed by atoms with Crippen LogP contribution in [-0.2, 0) is 4.79 Å². The first kappa shape index (κ1) is 14.8. The van der Waals surface area contributed by atoms with Gasteiger partial charge < -0.3 is 10.0 Å². The van der Waals surface area contributed by atoms with Gasteiger partial charge in [-0.05, 0) is 42.8 Å². The summed E-state index contributed by atoms with van der Waals surface area (Å²) in [4.78, 5) is 12.5. The molecule has 0 bridgehead atoms. The second kappa shape index (κ2) is 6.22. The maximum atomic E-state index is 14.0. The van der Waals surface area contributed by atoms with E-state index in [9.17, 15) is 9.18 Å². The Balaban J connectivity index is 2.48. The zero-order valence-electron chi connectivity index (χ0n) is 11.9. The fourth-order valence-corrected chi connectivity index (χ4v) is 2.11. The van der Waals surface area contributed by atoms with Gasteiger partial charge in [-0.3, -0.25) is 0 Å². The van der Waals surface area contributed by atoms with Crippen LogP contribution in [0.5, 0.6) is 0 Å². The lowest BCUT2D eigenvalue weighted by atomic mass is 10.1. The molecule has 0 heterocycles. The van der Waals surface area contributed by atoms with Crippen LogP contribution in [0.15, 0.2) is 48.5 Å². The zero-order valence-corrected chi connectivity index (χ0v) is 11.9. The summed E-state index contributed by atoms with van der Waals surface area (Å²) in [6, 6.07) is 12.5. The number of hydrogen-bond acceptors (Lipinski definition) is 2. The minimum atomic E-state index is -1.11. The number of aryl methyl sites for hydroxylation is 1. The number of rotatable bonds is 4. The van der Waals surface area contributed by atoms with Crippen LogP contribution in [0.1, 0.15) is 11.1 Å². The minimum absolute atomic E-state index is 0.254. The Kier molecular flexibility index (Phi) is 4.38. The van der Waals surface area contributed by atoms with Crippen molar-refractivity contribution in [3.05, 3.63) is 65.5 Å². The Bertz CT molecular complexity index is 695. The fourth-order valence-electron chi connectivity index (χ4n) is 2.11. The predicted molar refractivity (Wildman–Crippen MR) is 82.3 cm³/mol. The highest BCUT2D eigenvalue weighted by Crippen LogP contribution is 2.30. The van der Waals surface area contributed by atoms with Crippen LogP contribution in [-0.4, -0.2) is 18.1 Å². The summed E-state index contributed by atoms with van der Waals surface area (Å²) in [5.41, 5.74) is 2.87. The van der Waals surface area contributed by atoms with Crippen LogP contribution >= 0.6 is 0 Å². The fraction of sp³-hybridized carbons (Fsp3) is 0.118. The monoisotopic (exact) mass is 285 g/mol. The van der Waals surface area contributed by atoms with Crippen molar-refractivity contribution in [3.63, 3.8) is 0 Å². The second-order valence-corrected chi connectivity index (χ2v) is 4.74. The Morgan fingerprint density at radius 3 is 2.62 bits per heavy atom. The normalized spacial score (nSPS) is 10.8. The number of carbonyl (C=O) groups is 1. The molecule has 2 aromatic carbocycles. The molecule has 2 rings (SSSR count). The topological polar surface area (TPSA) is 40.5 Å². The maximum Gasteiger partial charge on any atom is 0.328 e. The number of carboxylic acids is 1. The van der Waals surface area contributed by atoms with E-state index in [4.69, 9.17) is 5.11 Å². The number of anilines is 2. The minimum Gasteiger partial charge on any atom is -0.478 e. The number of nitrogens with zero attached hydrogens (tertiary/aromatic N) is 1. The molecule has 0 fully saturated rings. The SMILES string of the molecule is Cc1cccc(N(C)c2cccc(F)c2/C=C/C(=O)O)c1. The molecule has 21 heavy (non-hydrogen) atoms. The molecule has 3 nitrogen and oxygen atoms in total. The molecule has 0 atom stereocenters. The molecule has 0 aliphatic heterocycles. The molecule has 0 radical (unpaired) electrons. The van der Waals surface area contributed by atoms with Crippen molar-refractivity contribution < 1.29 is 14.3 Å². The van der Waals surface area contributed by atoms with Gasteiger partial charge in [0.2, 0.25) is 0 Å². The Labute approximate surface area is 123 Å². The van der Waals surface area contributed by atoms with E-state index >= 15 is 0 Å². The van der Waals surface area contributed by atoms with Crippen molar-refractivity contribution in [1.82, 2.24) is 0 Å². The lowest BCUT2D eigenvalue weighted by molar-refractivity contribution is -0.131. The van der Waals surface area contributed by atoms with Gasteiger partial charge in [0.15, 0.2) is 0 Å². The highest BCUT2D eigenvalue weighted by molar-refractivity contribution is 5.87. The third-order valence-corrected chi connectivity index (χ3v) is 3.17. The number of benzene rings is 2. The highest BCUT2D eigenvalue weighted by atomic mass is 19.1. The van der Waals surface area contributed by atoms with Gasteiger partial charge in [0.25, 0.3) is 0 Å². The summed E-state index contributed by atoms with van der Waals surface area (Å²) in [6.45, 7) is 1.98. The van der Waals surface area contributed by atoms with Crippen LogP contribution in [0.4, 0.5) is 15.8 Å². The van der Waals surface area contributed by atoms with E-state index in [0.29, 0.717) is 5.69 Å². The second-order valence-electron chi connectivity index (χ2n) is 4.74. The first-order chi connectivity index (χ1) is 9.99. The standard InChI is InChI=1S/C17H16FNO2/c1-12-5-3-6-13(11-12)19(2)16-8-4-7-15(18)14(16)9-10-17(20)21/h3-11H,1-2H3,(H,20,21)/b10-9+. The van der Waals surface area contributed by atoms with E-state index in [1.54, 1.807) is 12.1 Å². The van der Waals surface area contributed by atoms with Crippen molar-refractivity contribution in [2.75, 3.05) is 11.9 Å². The van der Waals surface area contributed by atoms with Gasteiger partial charge in [0, 0.05) is 24.4 Å². The van der Waals surface area contributed by atoms with Crippen LogP contribution in [0.3, 0.4) is 0 Å². The van der Waals surface area contributed by atoms with E-state index in [-0.39, 0.29) is 5.56 Å². The van der Waals surface area contributed by atoms with Gasteiger partial charge in [-0.2, -0.15) is 0 Å². The van der Waals surface area contributed by atoms with Crippen LogP contribution in [0.2, 0.25) is 0 Å². The molecule has 1 N–H and O–H groups in total. The smallest absolute Gasteiger partial charge is 0.328 e. The van der Waals surface area contributed by atoms with Gasteiger partial charge in [-0.15, -0.1) is 0 Å². The van der Waals surface area contributed by atoms with E-state index < -0.39 is 11.8 Å². The van der Waals surface area contributed by atoms with E-state index in [2.05, 4.69) is 0 Å². The largest absolute Gasteiger partial charge is 0.478 e. The quantitative estimate of drug-likeness (QED) is 0.863. The van der Waals surface area contributed by atoms with Gasteiger partial charge in [-0.25, -0.2) is 9.18 Å². The summed E-state index contributed by atoms with van der Waals surface area (Å²) < 4.78 is 14.0. The van der Waals surface area contributed by atoms with Gasteiger partial charge >= 0.3 is 5.97 Å². The molecular weight excluding hydrogens is 269 g/mol. The Morgan fingerprint density at radius 2 is 1.95 bits per heavy atom. The molecule has 4 heteroatoms. The third kappa shape index (κ3) is 3.48. The molecule has 0 aliphatic carbocycles. The lowest BCUT2D eigenvalue weighted by Gasteiger charge is -2.22. The van der Waals surface area contributed by atoms with E-state index in [1.165, 1.54) is 12.1 Å². The number of hydrogen-bond donors (Lipinski definition) is 1. The van der Waals surface area contributed by atoms with Crippen LogP contribution in [0, 0.1) is 12.7 Å². The Hall–Kier alpha value is -2.62. The summed E-state index contributed by atoms with van der Waals surface area (Å²) in [7, 11) is 1.82. The number of aliphatic carboxylic acids is 1. The van der Waals surface area contributed by atoms with Crippen molar-refractivity contribution in [2.45, 2.75) is 6.92 Å². The molecule has 0 saturated carbocycles. The molecule has 0 saturated heterocycles. The molecule has 2 aromatic rings. The average molecular weight is 285 g/mol. The summed E-state index contributed by atoms with van der Waals surface area (Å²) in [5, 5.41) is 8.73. The first-order valence-electron chi connectivity index (χ1n) is 6.49. The summed E-state index contributed by atoms with van der Waals surface area (Å²) in [6.07, 6.45) is 2.21. The van der Waals surface area contributed by atoms with Gasteiger partial charge in [0.05, 0.1) is 5.69 Å². The lowest BCUT2D eigenvalue weighted by Crippen LogP contribution is -2.11. The molecule has 0 spiro atoms. The van der Waals surface area contributed by atoms with E-state index in [0.717, 1.165) is 17.3 Å². The zero-order chi connectivity index (χ0) is 15.4. The molecule has 0 unspecified atom stereocenters. The van der Waals surface area contributed by atoms with Crippen molar-refractivity contribution in [1.29, 1.82) is 0 Å². The molecular formula is C17H16FNO2. The first-order valence-corrected chi connectivity index (χ1v) is 6.49. The van der Waals surface area contributed by atoms with Crippen LogP contribution < -0.4 is 4.90 Å². The predicted octanol–water partition coefficient (Wildman–Crippen LogP) is 4.00. The van der Waals surface area contributed by atoms with E-state index in [1.807, 2.05) is 43.1 Å². The maximum absolute atomic E-state index is 14.0. The summed E-state index contributed by atoms with van der Waals surface area (Å²) >= 11 is 0. The van der Waals surface area contributed by atoms with Crippen molar-refractivity contribution in [2.24, 2.45) is 0 Å².